The summed E-state index contributed by atoms with van der Waals surface area (Å²) in [5.74, 6) is 1.04. The molecule has 1 aromatic carbocycles. The van der Waals surface area contributed by atoms with E-state index in [1.165, 1.54) is 5.56 Å². The highest BCUT2D eigenvalue weighted by Gasteiger charge is 2.40. The molecule has 48 heavy (non-hydrogen) atoms. The number of nitrogens with zero attached hydrogens (tertiary/aromatic N) is 4. The van der Waals surface area contributed by atoms with Crippen molar-refractivity contribution in [2.45, 2.75) is 115 Å². The zero-order valence-electron chi connectivity index (χ0n) is 30.1. The van der Waals surface area contributed by atoms with Gasteiger partial charge in [-0.05, 0) is 106 Å². The minimum absolute atomic E-state index is 0.108. The number of hydrogen-bond acceptors (Lipinski definition) is 8. The van der Waals surface area contributed by atoms with Gasteiger partial charge in [-0.1, -0.05) is 46.2 Å². The maximum atomic E-state index is 13.1. The lowest BCUT2D eigenvalue weighted by atomic mass is 9.88. The second kappa shape index (κ2) is 14.3. The van der Waals surface area contributed by atoms with Crippen LogP contribution in [0.5, 0.6) is 0 Å². The van der Waals surface area contributed by atoms with Crippen LogP contribution in [0.2, 0.25) is 18.1 Å². The van der Waals surface area contributed by atoms with Crippen LogP contribution in [0.15, 0.2) is 54.7 Å². The molecule has 0 saturated carbocycles. The minimum atomic E-state index is -1.95. The fourth-order valence-electron chi connectivity index (χ4n) is 5.69. The van der Waals surface area contributed by atoms with E-state index in [2.05, 4.69) is 50.7 Å². The summed E-state index contributed by atoms with van der Waals surface area (Å²) in [4.78, 5) is 10.0. The normalized spacial score (nSPS) is 17.1. The van der Waals surface area contributed by atoms with Crippen LogP contribution < -0.4 is 4.72 Å². The fraction of sp³-hybridized carbons (Fsp3) is 0.541. The van der Waals surface area contributed by atoms with Gasteiger partial charge in [0.1, 0.15) is 4.75 Å². The van der Waals surface area contributed by atoms with Crippen LogP contribution in [0.4, 0.5) is 0 Å². The molecule has 1 aliphatic rings. The Morgan fingerprint density at radius 1 is 1.04 bits per heavy atom. The molecule has 2 atom stereocenters. The number of benzene rings is 1. The summed E-state index contributed by atoms with van der Waals surface area (Å²) >= 11 is -1.49. The van der Waals surface area contributed by atoms with Gasteiger partial charge in [0, 0.05) is 35.5 Å². The number of ether oxygens (including phenoxy) is 1. The fourth-order valence-corrected chi connectivity index (χ4v) is 7.45. The third kappa shape index (κ3) is 8.04. The SMILES string of the molecule is CCCC(O)(N[S+]([O-])C(C)(C)C)c1cccc(-c2cc(C3CCOCC3)c3cnn(-c4cccc(CO[Si](C)(C)C(C)(C)C)n4)c3c2)n1. The maximum absolute atomic E-state index is 13.1. The Balaban J connectivity index is 1.58. The molecule has 4 heterocycles. The van der Waals surface area contributed by atoms with Crippen LogP contribution in [0.1, 0.15) is 97.0 Å². The predicted molar refractivity (Wildman–Crippen MR) is 197 cm³/mol. The van der Waals surface area contributed by atoms with E-state index in [1.54, 1.807) is 6.07 Å². The number of aromatic nitrogens is 4. The van der Waals surface area contributed by atoms with Gasteiger partial charge in [-0.2, -0.15) is 5.10 Å². The molecule has 11 heteroatoms. The molecule has 3 aromatic heterocycles. The van der Waals surface area contributed by atoms with Gasteiger partial charge in [-0.15, -0.1) is 4.72 Å². The highest BCUT2D eigenvalue weighted by molar-refractivity contribution is 7.90. The van der Waals surface area contributed by atoms with E-state index in [9.17, 15) is 9.66 Å². The van der Waals surface area contributed by atoms with Crippen molar-refractivity contribution in [3.8, 4) is 17.1 Å². The van der Waals surface area contributed by atoms with Gasteiger partial charge in [0.2, 0.25) is 0 Å². The second-order valence-electron chi connectivity index (χ2n) is 15.5. The highest BCUT2D eigenvalue weighted by atomic mass is 32.2. The molecule has 2 unspecified atom stereocenters. The lowest BCUT2D eigenvalue weighted by Crippen LogP contribution is -2.51. The molecule has 0 bridgehead atoms. The van der Waals surface area contributed by atoms with Gasteiger partial charge in [-0.25, -0.2) is 14.6 Å². The predicted octanol–water partition coefficient (Wildman–Crippen LogP) is 7.90. The molecule has 0 radical (unpaired) electrons. The Morgan fingerprint density at radius 3 is 2.42 bits per heavy atom. The lowest BCUT2D eigenvalue weighted by Gasteiger charge is -2.36. The molecular weight excluding hydrogens is 639 g/mol. The van der Waals surface area contributed by atoms with Gasteiger partial charge in [0.05, 0.1) is 35.4 Å². The standard InChI is InChI=1S/C37H53N5O4SSi/c1-10-19-37(43,41-47(44)35(2,3)4)33-15-12-14-31(40-33)27-22-29(26-17-20-45-21-18-26)30-24-38-42(32(30)23-27)34-16-11-13-28(39-34)25-46-48(8,9)36(5,6)7/h11-16,22-24,26,41,43H,10,17-21,25H2,1-9H3. The van der Waals surface area contributed by atoms with Crippen LogP contribution in [0.25, 0.3) is 28.0 Å². The van der Waals surface area contributed by atoms with Crippen molar-refractivity contribution < 1.29 is 18.8 Å². The molecule has 2 N–H and O–H groups in total. The highest BCUT2D eigenvalue weighted by Crippen LogP contribution is 2.39. The molecule has 4 aromatic rings. The van der Waals surface area contributed by atoms with Crippen LogP contribution in [0.3, 0.4) is 0 Å². The molecule has 9 nitrogen and oxygen atoms in total. The van der Waals surface area contributed by atoms with Gasteiger partial charge in [0.15, 0.2) is 19.9 Å². The summed E-state index contributed by atoms with van der Waals surface area (Å²) in [6, 6.07) is 16.0. The maximum Gasteiger partial charge on any atom is 0.200 e. The Kier molecular flexibility index (Phi) is 10.9. The summed E-state index contributed by atoms with van der Waals surface area (Å²) in [6.45, 7) is 20.8. The zero-order chi connectivity index (χ0) is 34.9. The van der Waals surface area contributed by atoms with Crippen LogP contribution in [0, 0.1) is 0 Å². The summed E-state index contributed by atoms with van der Waals surface area (Å²) in [5.41, 5.74) is 3.54. The number of nitrogens with one attached hydrogen (secondary N) is 1. The van der Waals surface area contributed by atoms with E-state index in [1.807, 2.05) is 68.9 Å². The largest absolute Gasteiger partial charge is 0.598 e. The van der Waals surface area contributed by atoms with E-state index >= 15 is 0 Å². The summed E-state index contributed by atoms with van der Waals surface area (Å²) in [7, 11) is -1.95. The van der Waals surface area contributed by atoms with Crippen molar-refractivity contribution in [1.29, 1.82) is 0 Å². The Hall–Kier alpha value is -2.64. The second-order valence-corrected chi connectivity index (χ2v) is 22.3. The number of pyridine rings is 2. The first-order valence-corrected chi connectivity index (χ1v) is 21.2. The lowest BCUT2D eigenvalue weighted by molar-refractivity contribution is 0.0101. The summed E-state index contributed by atoms with van der Waals surface area (Å²) in [6.07, 6.45) is 4.84. The Morgan fingerprint density at radius 2 is 1.75 bits per heavy atom. The van der Waals surface area contributed by atoms with Crippen molar-refractivity contribution >= 4 is 30.6 Å². The molecule has 1 saturated heterocycles. The van der Waals surface area contributed by atoms with Gasteiger partial charge in [-0.3, -0.25) is 0 Å². The Labute approximate surface area is 290 Å². The zero-order valence-corrected chi connectivity index (χ0v) is 31.9. The van der Waals surface area contributed by atoms with Crippen molar-refractivity contribution in [2.24, 2.45) is 0 Å². The molecule has 1 aliphatic heterocycles. The monoisotopic (exact) mass is 691 g/mol. The van der Waals surface area contributed by atoms with Gasteiger partial charge < -0.3 is 18.8 Å². The molecular formula is C37H53N5O4SSi. The van der Waals surface area contributed by atoms with Gasteiger partial charge >= 0.3 is 0 Å². The number of hydrogen-bond donors (Lipinski definition) is 2. The summed E-state index contributed by atoms with van der Waals surface area (Å²) in [5, 5.41) is 17.9. The quantitative estimate of drug-likeness (QED) is 0.0927. The topological polar surface area (TPSA) is 117 Å². The number of fused-ring (bicyclic) bond motifs is 1. The van der Waals surface area contributed by atoms with E-state index in [-0.39, 0.29) is 5.04 Å². The molecule has 0 spiro atoms. The number of aliphatic hydroxyl groups is 1. The molecule has 0 aliphatic carbocycles. The summed E-state index contributed by atoms with van der Waals surface area (Å²) < 4.78 is 29.7. The van der Waals surface area contributed by atoms with Crippen LogP contribution in [-0.4, -0.2) is 55.7 Å². The Bertz CT molecular complexity index is 1710. The molecule has 0 amide bonds. The first-order valence-electron chi connectivity index (χ1n) is 17.1. The average molecular weight is 692 g/mol. The first-order chi connectivity index (χ1) is 22.5. The average Bonchev–Trinajstić information content (AvgIpc) is 3.47. The third-order valence-corrected chi connectivity index (χ3v) is 15.8. The molecule has 5 rings (SSSR count). The first kappa shape index (κ1) is 36.6. The van der Waals surface area contributed by atoms with Crippen molar-refractivity contribution in [3.05, 3.63) is 71.7 Å². The minimum Gasteiger partial charge on any atom is -0.598 e. The molecule has 260 valence electrons. The van der Waals surface area contributed by atoms with Crippen LogP contribution >= 0.6 is 0 Å². The van der Waals surface area contributed by atoms with Crippen molar-refractivity contribution in [1.82, 2.24) is 24.5 Å². The smallest absolute Gasteiger partial charge is 0.200 e. The molecule has 1 fully saturated rings. The number of rotatable bonds is 11. The third-order valence-electron chi connectivity index (χ3n) is 9.68. The van der Waals surface area contributed by atoms with Gasteiger partial charge in [0.25, 0.3) is 0 Å². The van der Waals surface area contributed by atoms with E-state index in [4.69, 9.17) is 24.2 Å². The van der Waals surface area contributed by atoms with E-state index < -0.39 is 30.2 Å². The van der Waals surface area contributed by atoms with Crippen molar-refractivity contribution in [3.63, 3.8) is 0 Å². The van der Waals surface area contributed by atoms with E-state index in [0.717, 1.165) is 59.7 Å². The van der Waals surface area contributed by atoms with E-state index in [0.29, 0.717) is 31.1 Å². The van der Waals surface area contributed by atoms with Crippen LogP contribution in [-0.2, 0) is 32.9 Å². The van der Waals surface area contributed by atoms with Crippen molar-refractivity contribution in [2.75, 3.05) is 13.2 Å².